The Hall–Kier alpha value is -2.96. The van der Waals surface area contributed by atoms with Gasteiger partial charge < -0.3 is 24.4 Å². The van der Waals surface area contributed by atoms with Crippen molar-refractivity contribution in [2.75, 3.05) is 49.7 Å². The normalized spacial score (nSPS) is 13.8. The number of amides is 1. The number of hydrogen-bond donors (Lipinski definition) is 1. The highest BCUT2D eigenvalue weighted by Gasteiger charge is 2.19. The van der Waals surface area contributed by atoms with E-state index in [1.807, 2.05) is 55.5 Å². The highest BCUT2D eigenvalue weighted by molar-refractivity contribution is 6.37. The van der Waals surface area contributed by atoms with Crippen LogP contribution < -0.4 is 19.7 Å². The number of rotatable bonds is 7. The van der Waals surface area contributed by atoms with Crippen molar-refractivity contribution in [3.05, 3.63) is 59.6 Å². The summed E-state index contributed by atoms with van der Waals surface area (Å²) in [5.74, 6) is 0.816. The third-order valence-corrected chi connectivity index (χ3v) is 5.49. The van der Waals surface area contributed by atoms with Gasteiger partial charge in [-0.25, -0.2) is 0 Å². The lowest BCUT2D eigenvalue weighted by atomic mass is 10.1. The molecule has 1 amide bonds. The minimum atomic E-state index is -0.288. The average Bonchev–Trinajstić information content (AvgIpc) is 2.81. The van der Waals surface area contributed by atoms with Crippen molar-refractivity contribution in [2.45, 2.75) is 6.92 Å². The standard InChI is InChI=1S/C24H25ClN2O4/c1-2-30-21-10-6-5-9-19(21)26-23(28)16-31-22-15-20(27-11-13-29-14-12-27)17-7-3-4-8-18(17)24(22)25/h3-10,15H,2,11-14,16H2,1H3,(H,26,28). The van der Waals surface area contributed by atoms with Gasteiger partial charge in [-0.2, -0.15) is 0 Å². The molecule has 6 nitrogen and oxygen atoms in total. The maximum atomic E-state index is 12.5. The lowest BCUT2D eigenvalue weighted by Crippen LogP contribution is -2.36. The van der Waals surface area contributed by atoms with Crippen LogP contribution in [0.1, 0.15) is 6.92 Å². The molecule has 0 saturated carbocycles. The number of anilines is 2. The molecule has 1 N–H and O–H groups in total. The zero-order valence-corrected chi connectivity index (χ0v) is 18.2. The van der Waals surface area contributed by atoms with Gasteiger partial charge in [0.1, 0.15) is 11.5 Å². The van der Waals surface area contributed by atoms with Crippen LogP contribution in [0.5, 0.6) is 11.5 Å². The number of fused-ring (bicyclic) bond motifs is 1. The number of halogens is 1. The van der Waals surface area contributed by atoms with E-state index in [0.717, 1.165) is 29.5 Å². The van der Waals surface area contributed by atoms with Crippen molar-refractivity contribution in [3.63, 3.8) is 0 Å². The molecule has 0 bridgehead atoms. The van der Waals surface area contributed by atoms with Gasteiger partial charge in [0.2, 0.25) is 0 Å². The molecule has 162 valence electrons. The third-order valence-electron chi connectivity index (χ3n) is 5.10. The fourth-order valence-electron chi connectivity index (χ4n) is 3.65. The molecule has 0 unspecified atom stereocenters. The maximum absolute atomic E-state index is 12.5. The molecule has 1 heterocycles. The second kappa shape index (κ2) is 9.90. The fraction of sp³-hybridized carbons (Fsp3) is 0.292. The van der Waals surface area contributed by atoms with Crippen molar-refractivity contribution >= 4 is 39.7 Å². The molecule has 0 atom stereocenters. The minimum Gasteiger partial charge on any atom is -0.492 e. The summed E-state index contributed by atoms with van der Waals surface area (Å²) in [6.45, 7) is 5.18. The van der Waals surface area contributed by atoms with Crippen molar-refractivity contribution in [1.82, 2.24) is 0 Å². The molecular formula is C24H25ClN2O4. The Morgan fingerprint density at radius 3 is 2.52 bits per heavy atom. The Labute approximate surface area is 186 Å². The predicted molar refractivity (Wildman–Crippen MR) is 124 cm³/mol. The fourth-order valence-corrected chi connectivity index (χ4v) is 3.92. The molecule has 31 heavy (non-hydrogen) atoms. The number of carbonyl (C=O) groups excluding carboxylic acids is 1. The summed E-state index contributed by atoms with van der Waals surface area (Å²) in [6, 6.07) is 17.2. The van der Waals surface area contributed by atoms with Crippen LogP contribution in [0.2, 0.25) is 5.02 Å². The highest BCUT2D eigenvalue weighted by Crippen LogP contribution is 2.40. The summed E-state index contributed by atoms with van der Waals surface area (Å²) >= 11 is 6.64. The number of benzene rings is 3. The maximum Gasteiger partial charge on any atom is 0.262 e. The van der Waals surface area contributed by atoms with Crippen molar-refractivity contribution in [1.29, 1.82) is 0 Å². The number of morpholine rings is 1. The molecule has 1 aliphatic heterocycles. The first-order chi connectivity index (χ1) is 15.2. The summed E-state index contributed by atoms with van der Waals surface area (Å²) in [5.41, 5.74) is 1.64. The second-order valence-electron chi connectivity index (χ2n) is 7.12. The first kappa shape index (κ1) is 21.3. The van der Waals surface area contributed by atoms with Gasteiger partial charge in [-0.05, 0) is 19.1 Å². The van der Waals surface area contributed by atoms with Crippen LogP contribution in [0.15, 0.2) is 54.6 Å². The van der Waals surface area contributed by atoms with Gasteiger partial charge in [0.05, 0.1) is 30.5 Å². The molecule has 0 aromatic heterocycles. The number of nitrogens with one attached hydrogen (secondary N) is 1. The van der Waals surface area contributed by atoms with E-state index in [1.54, 1.807) is 6.07 Å². The van der Waals surface area contributed by atoms with E-state index in [0.29, 0.717) is 42.0 Å². The monoisotopic (exact) mass is 440 g/mol. The van der Waals surface area contributed by atoms with Crippen LogP contribution in [0.4, 0.5) is 11.4 Å². The smallest absolute Gasteiger partial charge is 0.262 e. The van der Waals surface area contributed by atoms with E-state index >= 15 is 0 Å². The van der Waals surface area contributed by atoms with E-state index in [2.05, 4.69) is 10.2 Å². The van der Waals surface area contributed by atoms with E-state index in [9.17, 15) is 4.79 Å². The lowest BCUT2D eigenvalue weighted by molar-refractivity contribution is -0.118. The summed E-state index contributed by atoms with van der Waals surface area (Å²) < 4.78 is 16.9. The third kappa shape index (κ3) is 4.86. The van der Waals surface area contributed by atoms with Crippen LogP contribution in [0, 0.1) is 0 Å². The number of hydrogen-bond acceptors (Lipinski definition) is 5. The van der Waals surface area contributed by atoms with Gasteiger partial charge >= 0.3 is 0 Å². The van der Waals surface area contributed by atoms with Crippen molar-refractivity contribution in [3.8, 4) is 11.5 Å². The van der Waals surface area contributed by atoms with Gasteiger partial charge in [-0.1, -0.05) is 48.0 Å². The van der Waals surface area contributed by atoms with Crippen LogP contribution in [-0.2, 0) is 9.53 Å². The lowest BCUT2D eigenvalue weighted by Gasteiger charge is -2.30. The molecular weight excluding hydrogens is 416 g/mol. The zero-order chi connectivity index (χ0) is 21.6. The summed E-state index contributed by atoms with van der Waals surface area (Å²) in [4.78, 5) is 14.8. The Balaban J connectivity index is 1.54. The quantitative estimate of drug-likeness (QED) is 0.574. The van der Waals surface area contributed by atoms with Gasteiger partial charge in [0.25, 0.3) is 5.91 Å². The number of para-hydroxylation sites is 2. The summed E-state index contributed by atoms with van der Waals surface area (Å²) in [7, 11) is 0. The molecule has 3 aromatic carbocycles. The van der Waals surface area contributed by atoms with Gasteiger partial charge in [-0.3, -0.25) is 4.79 Å². The molecule has 7 heteroatoms. The molecule has 0 radical (unpaired) electrons. The molecule has 0 aliphatic carbocycles. The zero-order valence-electron chi connectivity index (χ0n) is 17.4. The van der Waals surface area contributed by atoms with E-state index in [4.69, 9.17) is 25.8 Å². The predicted octanol–water partition coefficient (Wildman–Crippen LogP) is 4.75. The summed E-state index contributed by atoms with van der Waals surface area (Å²) in [5, 5.41) is 5.28. The Kier molecular flexibility index (Phi) is 6.79. The Morgan fingerprint density at radius 1 is 1.03 bits per heavy atom. The van der Waals surface area contributed by atoms with Crippen LogP contribution in [0.25, 0.3) is 10.8 Å². The molecule has 1 fully saturated rings. The van der Waals surface area contributed by atoms with Crippen LogP contribution in [0.3, 0.4) is 0 Å². The van der Waals surface area contributed by atoms with Crippen molar-refractivity contribution < 1.29 is 19.0 Å². The number of ether oxygens (including phenoxy) is 3. The van der Waals surface area contributed by atoms with Crippen LogP contribution in [-0.4, -0.2) is 45.4 Å². The Bertz CT molecular complexity index is 1070. The topological polar surface area (TPSA) is 60.0 Å². The van der Waals surface area contributed by atoms with Gasteiger partial charge in [-0.15, -0.1) is 0 Å². The number of carbonyl (C=O) groups is 1. The molecule has 1 saturated heterocycles. The van der Waals surface area contributed by atoms with Gasteiger partial charge in [0.15, 0.2) is 6.61 Å². The average molecular weight is 441 g/mol. The first-order valence-electron chi connectivity index (χ1n) is 10.4. The molecule has 3 aromatic rings. The van der Waals surface area contributed by atoms with E-state index in [1.165, 1.54) is 0 Å². The first-order valence-corrected chi connectivity index (χ1v) is 10.7. The number of nitrogens with zero attached hydrogens (tertiary/aromatic N) is 1. The van der Waals surface area contributed by atoms with E-state index < -0.39 is 0 Å². The second-order valence-corrected chi connectivity index (χ2v) is 7.50. The largest absolute Gasteiger partial charge is 0.492 e. The summed E-state index contributed by atoms with van der Waals surface area (Å²) in [6.07, 6.45) is 0. The van der Waals surface area contributed by atoms with Crippen molar-refractivity contribution in [2.24, 2.45) is 0 Å². The Morgan fingerprint density at radius 2 is 1.74 bits per heavy atom. The minimum absolute atomic E-state index is 0.166. The van der Waals surface area contributed by atoms with Gasteiger partial charge in [0, 0.05) is 35.6 Å². The highest BCUT2D eigenvalue weighted by atomic mass is 35.5. The molecule has 4 rings (SSSR count). The van der Waals surface area contributed by atoms with Crippen LogP contribution >= 0.6 is 11.6 Å². The molecule has 1 aliphatic rings. The SMILES string of the molecule is CCOc1ccccc1NC(=O)COc1cc(N2CCOCC2)c2ccccc2c1Cl. The van der Waals surface area contributed by atoms with E-state index in [-0.39, 0.29) is 12.5 Å². The molecule has 0 spiro atoms.